The fourth-order valence-electron chi connectivity index (χ4n) is 3.58. The van der Waals surface area contributed by atoms with E-state index >= 15 is 0 Å². The highest BCUT2D eigenvalue weighted by Gasteiger charge is 2.23. The largest absolute Gasteiger partial charge is 0.376 e. The number of ether oxygens (including phenoxy) is 2. The number of aliphatic imine (C=N–C) groups is 1. The smallest absolute Gasteiger partial charge is 0.193 e. The zero-order chi connectivity index (χ0) is 18.2. The van der Waals surface area contributed by atoms with E-state index in [-0.39, 0.29) is 24.0 Å². The van der Waals surface area contributed by atoms with Crippen LogP contribution in [-0.2, 0) is 16.0 Å². The zero-order valence-electron chi connectivity index (χ0n) is 16.0. The summed E-state index contributed by atoms with van der Waals surface area (Å²) in [5.41, 5.74) is 1.24. The molecule has 5 nitrogen and oxygen atoms in total. The number of piperidine rings is 1. The van der Waals surface area contributed by atoms with Crippen LogP contribution in [0.1, 0.15) is 37.7 Å². The van der Waals surface area contributed by atoms with Gasteiger partial charge >= 0.3 is 0 Å². The second-order valence-corrected chi connectivity index (χ2v) is 7.95. The molecule has 7 heteroatoms. The van der Waals surface area contributed by atoms with Crippen LogP contribution in [0.15, 0.2) is 33.7 Å². The van der Waals surface area contributed by atoms with E-state index < -0.39 is 0 Å². The van der Waals surface area contributed by atoms with Gasteiger partial charge in [-0.2, -0.15) is 0 Å². The first-order chi connectivity index (χ1) is 12.7. The van der Waals surface area contributed by atoms with Gasteiger partial charge in [0.05, 0.1) is 18.8 Å². The molecule has 2 aliphatic heterocycles. The molecule has 2 fully saturated rings. The Morgan fingerprint density at radius 1 is 1.30 bits per heavy atom. The first-order valence-electron chi connectivity index (χ1n) is 9.68. The normalized spacial score (nSPS) is 21.6. The van der Waals surface area contributed by atoms with E-state index in [9.17, 15) is 0 Å². The molecule has 1 unspecified atom stereocenters. The van der Waals surface area contributed by atoms with E-state index in [4.69, 9.17) is 9.47 Å². The van der Waals surface area contributed by atoms with Crippen LogP contribution in [0.4, 0.5) is 0 Å². The van der Waals surface area contributed by atoms with Crippen LogP contribution in [0.25, 0.3) is 0 Å². The molecule has 2 saturated heterocycles. The second kappa shape index (κ2) is 12.2. The number of halogens is 2. The topological polar surface area (TPSA) is 46.1 Å². The molecule has 1 atom stereocenters. The lowest BCUT2D eigenvalue weighted by Crippen LogP contribution is -2.47. The highest BCUT2D eigenvalue weighted by molar-refractivity contribution is 14.0. The summed E-state index contributed by atoms with van der Waals surface area (Å²) < 4.78 is 13.0. The Morgan fingerprint density at radius 3 is 2.78 bits per heavy atom. The van der Waals surface area contributed by atoms with Crippen LogP contribution in [-0.4, -0.2) is 56.4 Å². The lowest BCUT2D eigenvalue weighted by molar-refractivity contribution is -0.0721. The molecule has 152 valence electrons. The molecule has 2 heterocycles. The van der Waals surface area contributed by atoms with Crippen molar-refractivity contribution in [3.05, 3.63) is 34.3 Å². The zero-order valence-corrected chi connectivity index (χ0v) is 19.9. The Morgan fingerprint density at radius 2 is 2.11 bits per heavy atom. The van der Waals surface area contributed by atoms with Gasteiger partial charge < -0.3 is 19.7 Å². The minimum Gasteiger partial charge on any atom is -0.376 e. The maximum Gasteiger partial charge on any atom is 0.193 e. The van der Waals surface area contributed by atoms with Gasteiger partial charge in [-0.05, 0) is 49.8 Å². The molecule has 1 aromatic carbocycles. The van der Waals surface area contributed by atoms with Gasteiger partial charge in [0.1, 0.15) is 0 Å². The van der Waals surface area contributed by atoms with Gasteiger partial charge in [-0.3, -0.25) is 4.99 Å². The lowest BCUT2D eigenvalue weighted by atomic mass is 10.1. The fraction of sp³-hybridized carbons (Fsp3) is 0.650. The van der Waals surface area contributed by atoms with Crippen molar-refractivity contribution in [3.63, 3.8) is 0 Å². The minimum absolute atomic E-state index is 0. The van der Waals surface area contributed by atoms with Crippen LogP contribution < -0.4 is 5.32 Å². The summed E-state index contributed by atoms with van der Waals surface area (Å²) in [6.07, 6.45) is 6.36. The van der Waals surface area contributed by atoms with E-state index in [0.29, 0.717) is 12.2 Å². The first-order valence-corrected chi connectivity index (χ1v) is 10.5. The number of nitrogens with one attached hydrogen (secondary N) is 1. The molecule has 3 rings (SSSR count). The van der Waals surface area contributed by atoms with Crippen molar-refractivity contribution in [3.8, 4) is 0 Å². The summed E-state index contributed by atoms with van der Waals surface area (Å²) in [6, 6.07) is 8.36. The summed E-state index contributed by atoms with van der Waals surface area (Å²) in [5.74, 6) is 0.971. The van der Waals surface area contributed by atoms with E-state index in [2.05, 4.69) is 49.3 Å². The highest BCUT2D eigenvalue weighted by atomic mass is 127. The van der Waals surface area contributed by atoms with Crippen molar-refractivity contribution in [2.24, 2.45) is 4.99 Å². The molecule has 0 bridgehead atoms. The Balaban J connectivity index is 0.00000261. The first kappa shape index (κ1) is 22.9. The molecular weight excluding hydrogens is 521 g/mol. The molecule has 27 heavy (non-hydrogen) atoms. The molecule has 0 saturated carbocycles. The lowest BCUT2D eigenvalue weighted by Gasteiger charge is -2.35. The number of hydrogen-bond acceptors (Lipinski definition) is 3. The van der Waals surface area contributed by atoms with Gasteiger partial charge in [0.15, 0.2) is 5.96 Å². The van der Waals surface area contributed by atoms with Gasteiger partial charge in [-0.25, -0.2) is 0 Å². The summed E-state index contributed by atoms with van der Waals surface area (Å²) in [4.78, 5) is 6.78. The fourth-order valence-corrected chi connectivity index (χ4v) is 4.02. The minimum atomic E-state index is 0. The van der Waals surface area contributed by atoms with Crippen molar-refractivity contribution in [2.75, 3.05) is 33.4 Å². The van der Waals surface area contributed by atoms with Crippen molar-refractivity contribution in [1.82, 2.24) is 10.2 Å². The second-order valence-electron chi connectivity index (χ2n) is 7.04. The van der Waals surface area contributed by atoms with E-state index in [0.717, 1.165) is 62.5 Å². The Kier molecular flexibility index (Phi) is 10.4. The highest BCUT2D eigenvalue weighted by Crippen LogP contribution is 2.18. The van der Waals surface area contributed by atoms with Crippen molar-refractivity contribution >= 4 is 45.9 Å². The average molecular weight is 552 g/mol. The van der Waals surface area contributed by atoms with Crippen LogP contribution in [0, 0.1) is 0 Å². The predicted molar refractivity (Wildman–Crippen MR) is 124 cm³/mol. The molecule has 0 aliphatic carbocycles. The number of rotatable bonds is 5. The predicted octanol–water partition coefficient (Wildman–Crippen LogP) is 4.19. The quantitative estimate of drug-likeness (QED) is 0.338. The van der Waals surface area contributed by atoms with Crippen molar-refractivity contribution in [2.45, 2.75) is 50.9 Å². The van der Waals surface area contributed by atoms with Crippen LogP contribution in [0.5, 0.6) is 0 Å². The Labute approximate surface area is 188 Å². The van der Waals surface area contributed by atoms with E-state index in [1.54, 1.807) is 0 Å². The maximum absolute atomic E-state index is 6.11. The van der Waals surface area contributed by atoms with Gasteiger partial charge in [0.25, 0.3) is 0 Å². The number of guanidine groups is 1. The maximum atomic E-state index is 6.11. The molecule has 0 spiro atoms. The number of hydrogen-bond donors (Lipinski definition) is 1. The standard InChI is InChI=1S/C20H30BrN3O2.HI/c1-22-20(23-14-16-5-4-6-17(21)13-16)24-10-8-18(9-11-24)26-15-19-7-2-3-12-25-19;/h4-6,13,18-19H,2-3,7-12,14-15H2,1H3,(H,22,23);1H. The molecule has 2 aliphatic rings. The molecule has 1 N–H and O–H groups in total. The molecular formula is C20H31BrIN3O2. The third-order valence-corrected chi connectivity index (χ3v) is 5.58. The monoisotopic (exact) mass is 551 g/mol. The Bertz CT molecular complexity index is 588. The number of likely N-dealkylation sites (tertiary alicyclic amines) is 1. The van der Waals surface area contributed by atoms with Crippen LogP contribution >= 0.6 is 39.9 Å². The summed E-state index contributed by atoms with van der Waals surface area (Å²) in [7, 11) is 1.85. The van der Waals surface area contributed by atoms with E-state index in [1.165, 1.54) is 18.4 Å². The summed E-state index contributed by atoms with van der Waals surface area (Å²) in [6.45, 7) is 4.39. The molecule has 0 radical (unpaired) electrons. The SMILES string of the molecule is CN=C(NCc1cccc(Br)c1)N1CCC(OCC2CCCCO2)CC1.I. The van der Waals surface area contributed by atoms with Crippen LogP contribution in [0.3, 0.4) is 0 Å². The third-order valence-electron chi connectivity index (χ3n) is 5.08. The van der Waals surface area contributed by atoms with Gasteiger partial charge in [0, 0.05) is 37.8 Å². The third kappa shape index (κ3) is 7.51. The molecule has 0 aromatic heterocycles. The summed E-state index contributed by atoms with van der Waals surface area (Å²) >= 11 is 3.52. The Hall–Kier alpha value is -0.380. The van der Waals surface area contributed by atoms with E-state index in [1.807, 2.05) is 13.1 Å². The molecule has 1 aromatic rings. The van der Waals surface area contributed by atoms with Gasteiger partial charge in [0.2, 0.25) is 0 Å². The average Bonchev–Trinajstić information content (AvgIpc) is 2.69. The summed E-state index contributed by atoms with van der Waals surface area (Å²) in [5, 5.41) is 3.48. The van der Waals surface area contributed by atoms with Gasteiger partial charge in [-0.1, -0.05) is 28.1 Å². The van der Waals surface area contributed by atoms with Crippen molar-refractivity contribution in [1.29, 1.82) is 0 Å². The van der Waals surface area contributed by atoms with Crippen LogP contribution in [0.2, 0.25) is 0 Å². The number of benzene rings is 1. The van der Waals surface area contributed by atoms with Gasteiger partial charge in [-0.15, -0.1) is 24.0 Å². The number of nitrogens with zero attached hydrogens (tertiary/aromatic N) is 2. The molecule has 0 amide bonds. The van der Waals surface area contributed by atoms with Crippen molar-refractivity contribution < 1.29 is 9.47 Å².